The molecule has 144 valence electrons. The maximum atomic E-state index is 12.5. The minimum absolute atomic E-state index is 0.00821. The topological polar surface area (TPSA) is 91.5 Å². The molecule has 2 amide bonds. The number of methoxy groups -OCH3 is 1. The SMILES string of the molecule is CCC(C)C(=O)NCC(=O)N1CCc2[nH]c3ccc(C(=O)OC)cc3c2C1. The summed E-state index contributed by atoms with van der Waals surface area (Å²) < 4.78 is 4.79. The minimum Gasteiger partial charge on any atom is -0.465 e. The van der Waals surface area contributed by atoms with Crippen molar-refractivity contribution in [1.29, 1.82) is 0 Å². The smallest absolute Gasteiger partial charge is 0.337 e. The summed E-state index contributed by atoms with van der Waals surface area (Å²) in [6.07, 6.45) is 1.45. The van der Waals surface area contributed by atoms with Crippen LogP contribution in [-0.4, -0.2) is 47.9 Å². The predicted octanol–water partition coefficient (Wildman–Crippen LogP) is 2.00. The molecule has 0 aliphatic carbocycles. The van der Waals surface area contributed by atoms with E-state index in [1.54, 1.807) is 17.0 Å². The molecule has 0 radical (unpaired) electrons. The first-order valence-electron chi connectivity index (χ1n) is 9.21. The van der Waals surface area contributed by atoms with Gasteiger partial charge in [0.25, 0.3) is 0 Å². The second kappa shape index (κ2) is 7.82. The van der Waals surface area contributed by atoms with Crippen LogP contribution in [-0.2, 0) is 27.3 Å². The number of nitrogens with zero attached hydrogens (tertiary/aromatic N) is 1. The van der Waals surface area contributed by atoms with Crippen LogP contribution in [0.4, 0.5) is 0 Å². The van der Waals surface area contributed by atoms with Gasteiger partial charge in [0.1, 0.15) is 0 Å². The monoisotopic (exact) mass is 371 g/mol. The maximum Gasteiger partial charge on any atom is 0.337 e. The van der Waals surface area contributed by atoms with Gasteiger partial charge < -0.3 is 19.9 Å². The Bertz CT molecular complexity index is 887. The first-order valence-corrected chi connectivity index (χ1v) is 9.21. The molecule has 2 heterocycles. The molecule has 1 atom stereocenters. The average Bonchev–Trinajstić information content (AvgIpc) is 3.07. The van der Waals surface area contributed by atoms with Crippen LogP contribution < -0.4 is 5.32 Å². The van der Waals surface area contributed by atoms with Gasteiger partial charge in [-0.3, -0.25) is 9.59 Å². The number of hydrogen-bond acceptors (Lipinski definition) is 4. The summed E-state index contributed by atoms with van der Waals surface area (Å²) in [7, 11) is 1.35. The molecule has 0 saturated heterocycles. The molecule has 2 aromatic rings. The summed E-state index contributed by atoms with van der Waals surface area (Å²) in [6.45, 7) is 4.85. The predicted molar refractivity (Wildman–Crippen MR) is 101 cm³/mol. The van der Waals surface area contributed by atoms with Gasteiger partial charge in [0, 0.05) is 47.6 Å². The first kappa shape index (κ1) is 18.9. The quantitative estimate of drug-likeness (QED) is 0.787. The molecule has 0 bridgehead atoms. The van der Waals surface area contributed by atoms with E-state index >= 15 is 0 Å². The largest absolute Gasteiger partial charge is 0.465 e. The Morgan fingerprint density at radius 2 is 2.11 bits per heavy atom. The minimum atomic E-state index is -0.386. The Hall–Kier alpha value is -2.83. The van der Waals surface area contributed by atoms with Crippen molar-refractivity contribution in [3.05, 3.63) is 35.0 Å². The van der Waals surface area contributed by atoms with Crippen LogP contribution in [0, 0.1) is 5.92 Å². The van der Waals surface area contributed by atoms with Crippen molar-refractivity contribution in [3.8, 4) is 0 Å². The third-order valence-corrected chi connectivity index (χ3v) is 5.22. The molecule has 3 rings (SSSR count). The van der Waals surface area contributed by atoms with Gasteiger partial charge in [-0.25, -0.2) is 4.79 Å². The van der Waals surface area contributed by atoms with Gasteiger partial charge >= 0.3 is 5.97 Å². The number of nitrogens with one attached hydrogen (secondary N) is 2. The number of hydrogen-bond donors (Lipinski definition) is 2. The van der Waals surface area contributed by atoms with E-state index in [-0.39, 0.29) is 30.2 Å². The molecule has 1 aliphatic heterocycles. The summed E-state index contributed by atoms with van der Waals surface area (Å²) in [6, 6.07) is 5.39. The highest BCUT2D eigenvalue weighted by Gasteiger charge is 2.25. The van der Waals surface area contributed by atoms with E-state index in [1.807, 2.05) is 19.9 Å². The van der Waals surface area contributed by atoms with Crippen molar-refractivity contribution >= 4 is 28.7 Å². The first-order chi connectivity index (χ1) is 12.9. The van der Waals surface area contributed by atoms with Crippen LogP contribution in [0.3, 0.4) is 0 Å². The van der Waals surface area contributed by atoms with Crippen LogP contribution in [0.5, 0.6) is 0 Å². The number of carbonyl (C=O) groups is 3. The number of ether oxygens (including phenoxy) is 1. The molecule has 7 nitrogen and oxygen atoms in total. The fourth-order valence-corrected chi connectivity index (χ4v) is 3.31. The van der Waals surface area contributed by atoms with Crippen molar-refractivity contribution in [2.45, 2.75) is 33.2 Å². The second-order valence-corrected chi connectivity index (χ2v) is 6.93. The standard InChI is InChI=1S/C20H25N3O4/c1-4-12(2)19(25)21-10-18(24)23-8-7-17-15(11-23)14-9-13(20(26)27-3)5-6-16(14)22-17/h5-6,9,12,22H,4,7-8,10-11H2,1-3H3,(H,21,25). The van der Waals surface area contributed by atoms with E-state index in [1.165, 1.54) is 7.11 Å². The zero-order valence-electron chi connectivity index (χ0n) is 15.9. The van der Waals surface area contributed by atoms with Gasteiger partial charge in [-0.05, 0) is 24.6 Å². The number of esters is 1. The van der Waals surface area contributed by atoms with E-state index in [0.29, 0.717) is 25.1 Å². The maximum absolute atomic E-state index is 12.5. The highest BCUT2D eigenvalue weighted by Crippen LogP contribution is 2.28. The molecule has 1 aromatic carbocycles. The molecule has 0 fully saturated rings. The molecule has 1 unspecified atom stereocenters. The normalized spacial score (nSPS) is 14.6. The zero-order valence-corrected chi connectivity index (χ0v) is 15.9. The number of rotatable bonds is 5. The lowest BCUT2D eigenvalue weighted by Gasteiger charge is -2.27. The van der Waals surface area contributed by atoms with Gasteiger partial charge in [0.2, 0.25) is 11.8 Å². The molecule has 7 heteroatoms. The van der Waals surface area contributed by atoms with Crippen LogP contribution >= 0.6 is 0 Å². The molecule has 1 aliphatic rings. The van der Waals surface area contributed by atoms with Gasteiger partial charge in [0.05, 0.1) is 19.2 Å². The lowest BCUT2D eigenvalue weighted by molar-refractivity contribution is -0.134. The highest BCUT2D eigenvalue weighted by atomic mass is 16.5. The molecule has 0 saturated carbocycles. The summed E-state index contributed by atoms with van der Waals surface area (Å²) in [5.74, 6) is -0.686. The van der Waals surface area contributed by atoms with Crippen LogP contribution in [0.1, 0.15) is 41.9 Å². The van der Waals surface area contributed by atoms with E-state index in [2.05, 4.69) is 10.3 Å². The zero-order chi connectivity index (χ0) is 19.6. The third-order valence-electron chi connectivity index (χ3n) is 5.22. The van der Waals surface area contributed by atoms with Gasteiger partial charge in [-0.1, -0.05) is 13.8 Å². The molecule has 2 N–H and O–H groups in total. The van der Waals surface area contributed by atoms with E-state index in [4.69, 9.17) is 4.74 Å². The van der Waals surface area contributed by atoms with E-state index in [0.717, 1.165) is 28.6 Å². The fraction of sp³-hybridized carbons (Fsp3) is 0.450. The van der Waals surface area contributed by atoms with Crippen molar-refractivity contribution in [2.24, 2.45) is 5.92 Å². The Labute approximate surface area is 158 Å². The Balaban J connectivity index is 1.75. The lowest BCUT2D eigenvalue weighted by atomic mass is 10.0. The number of amides is 2. The van der Waals surface area contributed by atoms with Crippen LogP contribution in [0.2, 0.25) is 0 Å². The summed E-state index contributed by atoms with van der Waals surface area (Å²) in [5.41, 5.74) is 3.52. The van der Waals surface area contributed by atoms with Crippen molar-refractivity contribution < 1.29 is 19.1 Å². The highest BCUT2D eigenvalue weighted by molar-refractivity contribution is 5.96. The summed E-state index contributed by atoms with van der Waals surface area (Å²) in [4.78, 5) is 41.4. The van der Waals surface area contributed by atoms with Gasteiger partial charge in [-0.15, -0.1) is 0 Å². The molecule has 1 aromatic heterocycles. The molecule has 27 heavy (non-hydrogen) atoms. The lowest BCUT2D eigenvalue weighted by Crippen LogP contribution is -2.43. The molecular formula is C20H25N3O4. The van der Waals surface area contributed by atoms with Crippen LogP contribution in [0.25, 0.3) is 10.9 Å². The molecular weight excluding hydrogens is 346 g/mol. The van der Waals surface area contributed by atoms with Crippen molar-refractivity contribution in [1.82, 2.24) is 15.2 Å². The average molecular weight is 371 g/mol. The second-order valence-electron chi connectivity index (χ2n) is 6.93. The Kier molecular flexibility index (Phi) is 5.48. The van der Waals surface area contributed by atoms with Crippen molar-refractivity contribution in [3.63, 3.8) is 0 Å². The number of fused-ring (bicyclic) bond motifs is 3. The van der Waals surface area contributed by atoms with E-state index < -0.39 is 0 Å². The number of H-pyrrole nitrogens is 1. The van der Waals surface area contributed by atoms with Gasteiger partial charge in [0.15, 0.2) is 0 Å². The van der Waals surface area contributed by atoms with Crippen molar-refractivity contribution in [2.75, 3.05) is 20.2 Å². The fourth-order valence-electron chi connectivity index (χ4n) is 3.31. The summed E-state index contributed by atoms with van der Waals surface area (Å²) in [5, 5.41) is 3.64. The Morgan fingerprint density at radius 1 is 1.33 bits per heavy atom. The number of aromatic amines is 1. The summed E-state index contributed by atoms with van der Waals surface area (Å²) >= 11 is 0. The van der Waals surface area contributed by atoms with Gasteiger partial charge in [-0.2, -0.15) is 0 Å². The van der Waals surface area contributed by atoms with E-state index in [9.17, 15) is 14.4 Å². The molecule has 0 spiro atoms. The number of carbonyl (C=O) groups excluding carboxylic acids is 3. The number of benzene rings is 1. The number of aromatic nitrogens is 1. The Morgan fingerprint density at radius 3 is 2.81 bits per heavy atom. The third kappa shape index (κ3) is 3.82. The van der Waals surface area contributed by atoms with Crippen LogP contribution in [0.15, 0.2) is 18.2 Å².